The first-order chi connectivity index (χ1) is 7.87. The number of amides is 1. The Labute approximate surface area is 103 Å². The molecule has 0 saturated heterocycles. The first kappa shape index (κ1) is 14.0. The largest absolute Gasteiger partial charge is 0.479 e. The van der Waals surface area contributed by atoms with Gasteiger partial charge in [0.05, 0.1) is 0 Å². The van der Waals surface area contributed by atoms with Gasteiger partial charge in [0.25, 0.3) is 0 Å². The van der Waals surface area contributed by atoms with Crippen molar-refractivity contribution in [2.24, 2.45) is 11.8 Å². The first-order valence-corrected chi connectivity index (χ1v) is 6.35. The summed E-state index contributed by atoms with van der Waals surface area (Å²) in [7, 11) is 0. The first-order valence-electron chi connectivity index (χ1n) is 6.35. The van der Waals surface area contributed by atoms with E-state index in [4.69, 9.17) is 0 Å². The van der Waals surface area contributed by atoms with Crippen LogP contribution in [0.5, 0.6) is 0 Å². The van der Waals surface area contributed by atoms with Crippen LogP contribution in [0.3, 0.4) is 0 Å². The lowest BCUT2D eigenvalue weighted by molar-refractivity contribution is -0.166. The summed E-state index contributed by atoms with van der Waals surface area (Å²) in [5, 5.41) is 9.63. The molecule has 0 heterocycles. The number of carbonyl (C=O) groups is 2. The molecule has 0 spiro atoms. The van der Waals surface area contributed by atoms with Gasteiger partial charge in [0.2, 0.25) is 6.41 Å². The van der Waals surface area contributed by atoms with Gasteiger partial charge >= 0.3 is 5.97 Å². The third-order valence-electron chi connectivity index (χ3n) is 4.33. The Morgan fingerprint density at radius 2 is 2.06 bits per heavy atom. The highest BCUT2D eigenvalue weighted by atomic mass is 16.4. The number of aliphatic carboxylic acids is 1. The fraction of sp³-hybridized carbons (Fsp3) is 0.846. The predicted molar refractivity (Wildman–Crippen MR) is 65.6 cm³/mol. The Hall–Kier alpha value is -1.06. The van der Waals surface area contributed by atoms with Gasteiger partial charge in [-0.2, -0.15) is 0 Å². The topological polar surface area (TPSA) is 57.6 Å². The molecule has 1 rings (SSSR count). The smallest absolute Gasteiger partial charge is 0.329 e. The van der Waals surface area contributed by atoms with E-state index in [1.54, 1.807) is 0 Å². The lowest BCUT2D eigenvalue weighted by Gasteiger charge is -2.49. The highest BCUT2D eigenvalue weighted by Gasteiger charge is 2.52. The van der Waals surface area contributed by atoms with Gasteiger partial charge in [0, 0.05) is 6.04 Å². The Kier molecular flexibility index (Phi) is 4.17. The molecule has 4 heteroatoms. The van der Waals surface area contributed by atoms with E-state index in [-0.39, 0.29) is 12.0 Å². The lowest BCUT2D eigenvalue weighted by Crippen LogP contribution is -2.63. The van der Waals surface area contributed by atoms with Crippen LogP contribution >= 0.6 is 0 Å². The standard InChI is InChI=1S/C13H23NO3/c1-9(2)14(8-15)13(12(16)17)7-5-6-10(3)11(13)4/h8-11H,5-7H2,1-4H3,(H,16,17). The average molecular weight is 241 g/mol. The summed E-state index contributed by atoms with van der Waals surface area (Å²) in [5.74, 6) is -0.542. The van der Waals surface area contributed by atoms with Gasteiger partial charge in [-0.15, -0.1) is 0 Å². The Bertz CT molecular complexity index is 303. The molecule has 0 aromatic carbocycles. The number of nitrogens with zero attached hydrogens (tertiary/aromatic N) is 1. The van der Waals surface area contributed by atoms with Gasteiger partial charge < -0.3 is 10.0 Å². The Morgan fingerprint density at radius 3 is 2.47 bits per heavy atom. The van der Waals surface area contributed by atoms with Crippen LogP contribution in [0.25, 0.3) is 0 Å². The lowest BCUT2D eigenvalue weighted by atomic mass is 9.67. The van der Waals surface area contributed by atoms with Crippen LogP contribution in [0.1, 0.15) is 47.0 Å². The van der Waals surface area contributed by atoms with E-state index in [0.717, 1.165) is 12.8 Å². The molecule has 0 bridgehead atoms. The summed E-state index contributed by atoms with van der Waals surface area (Å²) < 4.78 is 0. The summed E-state index contributed by atoms with van der Waals surface area (Å²) in [5.41, 5.74) is -1.02. The van der Waals surface area contributed by atoms with Crippen molar-refractivity contribution in [1.82, 2.24) is 4.90 Å². The second kappa shape index (κ2) is 5.07. The van der Waals surface area contributed by atoms with Crippen molar-refractivity contribution in [2.75, 3.05) is 0 Å². The maximum absolute atomic E-state index is 11.7. The number of hydrogen-bond acceptors (Lipinski definition) is 2. The van der Waals surface area contributed by atoms with E-state index in [1.807, 2.05) is 20.8 Å². The van der Waals surface area contributed by atoms with E-state index >= 15 is 0 Å². The number of carbonyl (C=O) groups excluding carboxylic acids is 1. The fourth-order valence-corrected chi connectivity index (χ4v) is 3.09. The second-order valence-corrected chi connectivity index (χ2v) is 5.49. The maximum Gasteiger partial charge on any atom is 0.329 e. The SMILES string of the molecule is CC1CCCC(C(=O)O)(N(C=O)C(C)C)C1C. The minimum Gasteiger partial charge on any atom is -0.479 e. The quantitative estimate of drug-likeness (QED) is 0.767. The molecule has 3 atom stereocenters. The van der Waals surface area contributed by atoms with Crippen LogP contribution in [-0.4, -0.2) is 34.0 Å². The number of carboxylic acid groups (broad SMARTS) is 1. The van der Waals surface area contributed by atoms with Crippen molar-refractivity contribution in [3.05, 3.63) is 0 Å². The van der Waals surface area contributed by atoms with Crippen molar-refractivity contribution >= 4 is 12.4 Å². The van der Waals surface area contributed by atoms with Crippen molar-refractivity contribution in [3.8, 4) is 0 Å². The average Bonchev–Trinajstić information content (AvgIpc) is 2.24. The molecule has 1 aliphatic carbocycles. The molecule has 0 aromatic rings. The Morgan fingerprint density at radius 1 is 1.47 bits per heavy atom. The molecule has 3 unspecified atom stereocenters. The normalized spacial score (nSPS) is 33.5. The van der Waals surface area contributed by atoms with Gasteiger partial charge in [-0.3, -0.25) is 4.79 Å². The van der Waals surface area contributed by atoms with Crippen molar-refractivity contribution < 1.29 is 14.7 Å². The van der Waals surface area contributed by atoms with Gasteiger partial charge in [-0.05, 0) is 32.1 Å². The molecule has 1 saturated carbocycles. The molecule has 0 aliphatic heterocycles. The summed E-state index contributed by atoms with van der Waals surface area (Å²) in [6, 6.07) is -0.0867. The molecule has 0 aromatic heterocycles. The van der Waals surface area contributed by atoms with Crippen LogP contribution in [-0.2, 0) is 9.59 Å². The number of carboxylic acids is 1. The number of rotatable bonds is 4. The number of hydrogen-bond donors (Lipinski definition) is 1. The molecule has 4 nitrogen and oxygen atoms in total. The molecule has 1 aliphatic rings. The Balaban J connectivity index is 3.19. The second-order valence-electron chi connectivity index (χ2n) is 5.49. The molecule has 1 amide bonds. The van der Waals surface area contributed by atoms with Gasteiger partial charge in [0.15, 0.2) is 0 Å². The summed E-state index contributed by atoms with van der Waals surface area (Å²) in [6.07, 6.45) is 3.17. The predicted octanol–water partition coefficient (Wildman–Crippen LogP) is 2.13. The molecule has 1 N–H and O–H groups in total. The van der Waals surface area contributed by atoms with Crippen molar-refractivity contribution in [3.63, 3.8) is 0 Å². The molecule has 17 heavy (non-hydrogen) atoms. The molecule has 1 fully saturated rings. The van der Waals surface area contributed by atoms with Crippen LogP contribution in [0, 0.1) is 11.8 Å². The maximum atomic E-state index is 11.7. The van der Waals surface area contributed by atoms with Gasteiger partial charge in [0.1, 0.15) is 5.54 Å². The van der Waals surface area contributed by atoms with Crippen molar-refractivity contribution in [1.29, 1.82) is 0 Å². The summed E-state index contributed by atoms with van der Waals surface area (Å²) in [4.78, 5) is 24.5. The minimum absolute atomic E-state index is 0.0126. The van der Waals surface area contributed by atoms with E-state index in [1.165, 1.54) is 4.90 Å². The van der Waals surface area contributed by atoms with Crippen molar-refractivity contribution in [2.45, 2.75) is 58.5 Å². The van der Waals surface area contributed by atoms with Gasteiger partial charge in [-0.1, -0.05) is 26.7 Å². The molecule has 0 radical (unpaired) electrons. The zero-order valence-electron chi connectivity index (χ0n) is 11.1. The van der Waals surface area contributed by atoms with E-state index in [2.05, 4.69) is 6.92 Å². The van der Waals surface area contributed by atoms with E-state index < -0.39 is 11.5 Å². The van der Waals surface area contributed by atoms with Crippen LogP contribution in [0.4, 0.5) is 0 Å². The summed E-state index contributed by atoms with van der Waals surface area (Å²) in [6.45, 7) is 7.76. The third-order valence-corrected chi connectivity index (χ3v) is 4.33. The van der Waals surface area contributed by atoms with Gasteiger partial charge in [-0.25, -0.2) is 4.79 Å². The van der Waals surface area contributed by atoms with Crippen LogP contribution in [0.2, 0.25) is 0 Å². The van der Waals surface area contributed by atoms with Crippen LogP contribution in [0.15, 0.2) is 0 Å². The van der Waals surface area contributed by atoms with Crippen LogP contribution < -0.4 is 0 Å². The zero-order chi connectivity index (χ0) is 13.2. The summed E-state index contributed by atoms with van der Waals surface area (Å²) >= 11 is 0. The molecular weight excluding hydrogens is 218 g/mol. The minimum atomic E-state index is -1.02. The zero-order valence-corrected chi connectivity index (χ0v) is 11.1. The van der Waals surface area contributed by atoms with E-state index in [0.29, 0.717) is 18.7 Å². The highest BCUT2D eigenvalue weighted by molar-refractivity contribution is 5.82. The third kappa shape index (κ3) is 2.17. The van der Waals surface area contributed by atoms with E-state index in [9.17, 15) is 14.7 Å². The highest BCUT2D eigenvalue weighted by Crippen LogP contribution is 2.42. The monoisotopic (exact) mass is 241 g/mol. The molecule has 98 valence electrons. The molecular formula is C13H23NO3. The fourth-order valence-electron chi connectivity index (χ4n) is 3.09.